The van der Waals surface area contributed by atoms with Crippen molar-refractivity contribution >= 4 is 28.7 Å². The molecule has 0 aliphatic carbocycles. The molecular weight excluding hydrogens is 390 g/mol. The van der Waals surface area contributed by atoms with E-state index in [1.807, 2.05) is 42.6 Å². The number of benzene rings is 2. The van der Waals surface area contributed by atoms with Gasteiger partial charge in [0.2, 0.25) is 5.13 Å². The van der Waals surface area contributed by atoms with Gasteiger partial charge in [0.1, 0.15) is 0 Å². The zero-order chi connectivity index (χ0) is 20.6. The molecule has 0 saturated heterocycles. The number of aromatic nitrogens is 1. The number of thiazole rings is 1. The molecule has 0 aliphatic heterocycles. The number of rotatable bonds is 9. The Bertz CT molecular complexity index is 989. The number of hydrazone groups is 1. The molecule has 2 aromatic carbocycles. The van der Waals surface area contributed by atoms with E-state index in [4.69, 9.17) is 14.6 Å². The monoisotopic (exact) mass is 411 g/mol. The molecule has 29 heavy (non-hydrogen) atoms. The molecule has 1 atom stereocenters. The summed E-state index contributed by atoms with van der Waals surface area (Å²) >= 11 is 1.47. The standard InChI is InChI=1S/C21H21N3O4S/c1-3-27-19-11-15(9-10-18(19)28-14(2)20(25)26)12-22-24-21-23-17(13-29-21)16-7-5-4-6-8-16/h4-14H,3H2,1-2H3,(H,23,24)(H,25,26). The van der Waals surface area contributed by atoms with E-state index in [-0.39, 0.29) is 0 Å². The van der Waals surface area contributed by atoms with Gasteiger partial charge in [0.15, 0.2) is 17.6 Å². The third kappa shape index (κ3) is 5.55. The van der Waals surface area contributed by atoms with Gasteiger partial charge in [-0.15, -0.1) is 11.3 Å². The van der Waals surface area contributed by atoms with E-state index in [1.165, 1.54) is 18.3 Å². The Balaban J connectivity index is 1.68. The summed E-state index contributed by atoms with van der Waals surface area (Å²) in [4.78, 5) is 15.5. The molecule has 8 heteroatoms. The van der Waals surface area contributed by atoms with Crippen molar-refractivity contribution in [3.63, 3.8) is 0 Å². The molecule has 0 radical (unpaired) electrons. The number of hydrogen-bond donors (Lipinski definition) is 2. The summed E-state index contributed by atoms with van der Waals surface area (Å²) in [6, 6.07) is 15.1. The Morgan fingerprint density at radius 1 is 1.28 bits per heavy atom. The first-order chi connectivity index (χ1) is 14.1. The number of carboxylic acids is 1. The summed E-state index contributed by atoms with van der Waals surface area (Å²) in [7, 11) is 0. The van der Waals surface area contributed by atoms with Crippen LogP contribution in [0.1, 0.15) is 19.4 Å². The number of carbonyl (C=O) groups is 1. The summed E-state index contributed by atoms with van der Waals surface area (Å²) in [5.41, 5.74) is 5.64. The van der Waals surface area contributed by atoms with Crippen molar-refractivity contribution in [1.82, 2.24) is 4.98 Å². The van der Waals surface area contributed by atoms with E-state index in [2.05, 4.69) is 15.5 Å². The molecule has 150 valence electrons. The Kier molecular flexibility index (Phi) is 6.80. The Labute approximate surface area is 172 Å². The topological polar surface area (TPSA) is 93.0 Å². The van der Waals surface area contributed by atoms with Crippen molar-refractivity contribution in [3.8, 4) is 22.8 Å². The molecule has 0 amide bonds. The molecule has 0 bridgehead atoms. The molecule has 1 unspecified atom stereocenters. The number of nitrogens with zero attached hydrogens (tertiary/aromatic N) is 2. The molecular formula is C21H21N3O4S. The van der Waals surface area contributed by atoms with Crippen molar-refractivity contribution in [3.05, 3.63) is 59.5 Å². The highest BCUT2D eigenvalue weighted by atomic mass is 32.1. The summed E-state index contributed by atoms with van der Waals surface area (Å²) in [5, 5.41) is 15.9. The van der Waals surface area contributed by atoms with Crippen LogP contribution in [-0.2, 0) is 4.79 Å². The Morgan fingerprint density at radius 3 is 2.79 bits per heavy atom. The Morgan fingerprint density at radius 2 is 2.07 bits per heavy atom. The molecule has 7 nitrogen and oxygen atoms in total. The third-order valence-corrected chi connectivity index (χ3v) is 4.61. The van der Waals surface area contributed by atoms with Crippen LogP contribution in [0.15, 0.2) is 59.0 Å². The minimum absolute atomic E-state index is 0.374. The van der Waals surface area contributed by atoms with Crippen molar-refractivity contribution < 1.29 is 19.4 Å². The maximum atomic E-state index is 11.0. The first kappa shape index (κ1) is 20.3. The maximum Gasteiger partial charge on any atom is 0.344 e. The van der Waals surface area contributed by atoms with Crippen LogP contribution >= 0.6 is 11.3 Å². The molecule has 0 fully saturated rings. The van der Waals surface area contributed by atoms with E-state index in [1.54, 1.807) is 24.4 Å². The second kappa shape index (κ2) is 9.70. The fourth-order valence-electron chi connectivity index (χ4n) is 2.44. The van der Waals surface area contributed by atoms with Gasteiger partial charge in [-0.2, -0.15) is 5.10 Å². The lowest BCUT2D eigenvalue weighted by atomic mass is 10.2. The highest BCUT2D eigenvalue weighted by Crippen LogP contribution is 2.29. The number of aliphatic carboxylic acids is 1. The van der Waals surface area contributed by atoms with Crippen LogP contribution in [0.5, 0.6) is 11.5 Å². The minimum Gasteiger partial charge on any atom is -0.490 e. The zero-order valence-electron chi connectivity index (χ0n) is 16.0. The van der Waals surface area contributed by atoms with Gasteiger partial charge in [-0.3, -0.25) is 5.43 Å². The highest BCUT2D eigenvalue weighted by Gasteiger charge is 2.15. The lowest BCUT2D eigenvalue weighted by Gasteiger charge is -2.15. The van der Waals surface area contributed by atoms with Crippen molar-refractivity contribution in [2.24, 2.45) is 5.10 Å². The quantitative estimate of drug-likeness (QED) is 0.398. The van der Waals surface area contributed by atoms with E-state index in [0.29, 0.717) is 23.2 Å². The highest BCUT2D eigenvalue weighted by molar-refractivity contribution is 7.14. The fourth-order valence-corrected chi connectivity index (χ4v) is 3.11. The van der Waals surface area contributed by atoms with Gasteiger partial charge in [-0.25, -0.2) is 9.78 Å². The van der Waals surface area contributed by atoms with Crippen LogP contribution in [0.3, 0.4) is 0 Å². The second-order valence-corrected chi connectivity index (χ2v) is 6.87. The number of ether oxygens (including phenoxy) is 2. The third-order valence-electron chi connectivity index (χ3n) is 3.87. The fraction of sp³-hybridized carbons (Fsp3) is 0.190. The Hall–Kier alpha value is -3.39. The molecule has 0 saturated carbocycles. The molecule has 1 heterocycles. The van der Waals surface area contributed by atoms with Gasteiger partial charge in [0.05, 0.1) is 18.5 Å². The minimum atomic E-state index is -1.04. The average Bonchev–Trinajstić information content (AvgIpc) is 3.19. The zero-order valence-corrected chi connectivity index (χ0v) is 16.8. The summed E-state index contributed by atoms with van der Waals surface area (Å²) in [6.45, 7) is 3.74. The smallest absolute Gasteiger partial charge is 0.344 e. The summed E-state index contributed by atoms with van der Waals surface area (Å²) < 4.78 is 11.0. The van der Waals surface area contributed by atoms with Gasteiger partial charge in [0, 0.05) is 10.9 Å². The molecule has 3 rings (SSSR count). The van der Waals surface area contributed by atoms with Crippen molar-refractivity contribution in [2.45, 2.75) is 20.0 Å². The predicted octanol–water partition coefficient (Wildman–Crippen LogP) is 4.51. The molecule has 0 spiro atoms. The first-order valence-electron chi connectivity index (χ1n) is 9.03. The lowest BCUT2D eigenvalue weighted by molar-refractivity contribution is -0.144. The van der Waals surface area contributed by atoms with Crippen LogP contribution in [0, 0.1) is 0 Å². The van der Waals surface area contributed by atoms with Crippen LogP contribution in [0.25, 0.3) is 11.3 Å². The van der Waals surface area contributed by atoms with E-state index >= 15 is 0 Å². The van der Waals surface area contributed by atoms with Crippen molar-refractivity contribution in [2.75, 3.05) is 12.0 Å². The number of carboxylic acid groups (broad SMARTS) is 1. The van der Waals surface area contributed by atoms with E-state index in [0.717, 1.165) is 16.8 Å². The lowest BCUT2D eigenvalue weighted by Crippen LogP contribution is -2.23. The van der Waals surface area contributed by atoms with Crippen LogP contribution in [-0.4, -0.2) is 35.0 Å². The average molecular weight is 411 g/mol. The van der Waals surface area contributed by atoms with E-state index < -0.39 is 12.1 Å². The van der Waals surface area contributed by atoms with Crippen LogP contribution < -0.4 is 14.9 Å². The second-order valence-electron chi connectivity index (χ2n) is 6.01. The molecule has 2 N–H and O–H groups in total. The van der Waals surface area contributed by atoms with Gasteiger partial charge in [-0.05, 0) is 37.6 Å². The molecule has 1 aromatic heterocycles. The van der Waals surface area contributed by atoms with E-state index in [9.17, 15) is 4.79 Å². The summed E-state index contributed by atoms with van der Waals surface area (Å²) in [5.74, 6) is -0.204. The first-order valence-corrected chi connectivity index (χ1v) is 9.91. The molecule has 3 aromatic rings. The van der Waals surface area contributed by atoms with Gasteiger partial charge < -0.3 is 14.6 Å². The largest absolute Gasteiger partial charge is 0.490 e. The number of nitrogens with one attached hydrogen (secondary N) is 1. The summed E-state index contributed by atoms with van der Waals surface area (Å²) in [6.07, 6.45) is 0.662. The van der Waals surface area contributed by atoms with Crippen LogP contribution in [0.2, 0.25) is 0 Å². The van der Waals surface area contributed by atoms with Crippen molar-refractivity contribution in [1.29, 1.82) is 0 Å². The van der Waals surface area contributed by atoms with Gasteiger partial charge in [-0.1, -0.05) is 30.3 Å². The SMILES string of the molecule is CCOc1cc(C=NNc2nc(-c3ccccc3)cs2)ccc1OC(C)C(=O)O. The number of anilines is 1. The maximum absolute atomic E-state index is 11.0. The normalized spacial score (nSPS) is 11.9. The number of hydrogen-bond acceptors (Lipinski definition) is 7. The van der Waals surface area contributed by atoms with Gasteiger partial charge >= 0.3 is 5.97 Å². The van der Waals surface area contributed by atoms with Gasteiger partial charge in [0.25, 0.3) is 0 Å². The predicted molar refractivity (Wildman–Crippen MR) is 114 cm³/mol. The molecule has 0 aliphatic rings. The van der Waals surface area contributed by atoms with Crippen LogP contribution in [0.4, 0.5) is 5.13 Å².